The molecule has 1 aromatic carbocycles. The van der Waals surface area contributed by atoms with Gasteiger partial charge in [-0.15, -0.1) is 0 Å². The molecule has 0 aliphatic carbocycles. The van der Waals surface area contributed by atoms with E-state index in [0.29, 0.717) is 11.1 Å². The standard InChI is InChI=1S/C19H24N4O3S2/c1-20-18(25)7-5-13(24)9-21-19(26)12-4-6-14-15(8-12)23-17(11-28-3)16(22-14)10-27-2/h4,6,8H,5,7,9-11H2,1-3H3,(H,20,25)(H,21,26). The molecule has 0 fully saturated rings. The first-order chi connectivity index (χ1) is 13.5. The van der Waals surface area contributed by atoms with E-state index in [1.807, 2.05) is 12.5 Å². The Morgan fingerprint density at radius 1 is 0.964 bits per heavy atom. The molecule has 1 heterocycles. The Kier molecular flexibility index (Phi) is 8.72. The van der Waals surface area contributed by atoms with Gasteiger partial charge in [0.25, 0.3) is 5.91 Å². The summed E-state index contributed by atoms with van der Waals surface area (Å²) in [7, 11) is 1.52. The zero-order valence-electron chi connectivity index (χ0n) is 16.2. The Morgan fingerprint density at radius 2 is 1.61 bits per heavy atom. The van der Waals surface area contributed by atoms with Crippen LogP contribution in [0.3, 0.4) is 0 Å². The summed E-state index contributed by atoms with van der Waals surface area (Å²) in [6.07, 6.45) is 4.25. The van der Waals surface area contributed by atoms with Gasteiger partial charge in [0.15, 0.2) is 5.78 Å². The van der Waals surface area contributed by atoms with Crippen molar-refractivity contribution in [2.24, 2.45) is 0 Å². The number of Topliss-reactive ketones (excluding diaryl/α,β-unsaturated/α-hetero) is 1. The molecule has 2 amide bonds. The van der Waals surface area contributed by atoms with Gasteiger partial charge in [-0.1, -0.05) is 0 Å². The molecule has 0 aliphatic rings. The van der Waals surface area contributed by atoms with Gasteiger partial charge in [-0.25, -0.2) is 9.97 Å². The first kappa shape index (κ1) is 22.2. The normalized spacial score (nSPS) is 10.7. The van der Waals surface area contributed by atoms with Crippen LogP contribution in [0.25, 0.3) is 11.0 Å². The fraction of sp³-hybridized carbons (Fsp3) is 0.421. The first-order valence-corrected chi connectivity index (χ1v) is 11.5. The number of ketones is 1. The Morgan fingerprint density at radius 3 is 2.21 bits per heavy atom. The molecule has 150 valence electrons. The second-order valence-corrected chi connectivity index (χ2v) is 7.81. The average molecular weight is 421 g/mol. The van der Waals surface area contributed by atoms with Crippen molar-refractivity contribution in [2.75, 3.05) is 26.1 Å². The molecule has 0 aliphatic heterocycles. The van der Waals surface area contributed by atoms with Gasteiger partial charge in [0.05, 0.1) is 29.0 Å². The summed E-state index contributed by atoms with van der Waals surface area (Å²) in [4.78, 5) is 44.7. The Balaban J connectivity index is 2.09. The Labute approximate surface area is 172 Å². The topological polar surface area (TPSA) is 101 Å². The van der Waals surface area contributed by atoms with Crippen LogP contribution < -0.4 is 10.6 Å². The van der Waals surface area contributed by atoms with Gasteiger partial charge in [-0.3, -0.25) is 14.4 Å². The molecule has 0 saturated carbocycles. The van der Waals surface area contributed by atoms with Gasteiger partial charge in [-0.05, 0) is 30.7 Å². The summed E-state index contributed by atoms with van der Waals surface area (Å²) in [5.41, 5.74) is 3.72. The highest BCUT2D eigenvalue weighted by molar-refractivity contribution is 7.98. The van der Waals surface area contributed by atoms with Gasteiger partial charge in [0.1, 0.15) is 0 Å². The van der Waals surface area contributed by atoms with E-state index >= 15 is 0 Å². The largest absolute Gasteiger partial charge is 0.359 e. The zero-order chi connectivity index (χ0) is 20.5. The zero-order valence-corrected chi connectivity index (χ0v) is 17.8. The molecule has 0 atom stereocenters. The summed E-state index contributed by atoms with van der Waals surface area (Å²) < 4.78 is 0. The van der Waals surface area contributed by atoms with Crippen molar-refractivity contribution < 1.29 is 14.4 Å². The van der Waals surface area contributed by atoms with Crippen molar-refractivity contribution >= 4 is 52.2 Å². The lowest BCUT2D eigenvalue weighted by atomic mass is 10.1. The van der Waals surface area contributed by atoms with Gasteiger partial charge in [0, 0.05) is 37.0 Å². The molecule has 2 rings (SSSR count). The molecule has 9 heteroatoms. The van der Waals surface area contributed by atoms with E-state index in [-0.39, 0.29) is 37.0 Å². The Bertz CT molecular complexity index is 874. The molecule has 0 saturated heterocycles. The van der Waals surface area contributed by atoms with E-state index in [4.69, 9.17) is 4.98 Å². The highest BCUT2D eigenvalue weighted by atomic mass is 32.2. The van der Waals surface area contributed by atoms with Crippen LogP contribution in [0.15, 0.2) is 18.2 Å². The van der Waals surface area contributed by atoms with Crippen LogP contribution in [-0.4, -0.2) is 53.7 Å². The molecule has 2 N–H and O–H groups in total. The van der Waals surface area contributed by atoms with E-state index in [1.165, 1.54) is 7.05 Å². The minimum absolute atomic E-state index is 0.0966. The number of carbonyl (C=O) groups is 3. The number of hydrogen-bond donors (Lipinski definition) is 2. The van der Waals surface area contributed by atoms with E-state index in [9.17, 15) is 14.4 Å². The van der Waals surface area contributed by atoms with Crippen LogP contribution in [-0.2, 0) is 21.1 Å². The van der Waals surface area contributed by atoms with Crippen molar-refractivity contribution in [3.63, 3.8) is 0 Å². The van der Waals surface area contributed by atoms with Gasteiger partial charge in [-0.2, -0.15) is 23.5 Å². The number of thioether (sulfide) groups is 2. The molecule has 0 spiro atoms. The molecule has 0 radical (unpaired) electrons. The predicted octanol–water partition coefficient (Wildman–Crippen LogP) is 2.18. The van der Waals surface area contributed by atoms with Crippen LogP contribution in [0.2, 0.25) is 0 Å². The predicted molar refractivity (Wildman–Crippen MR) is 115 cm³/mol. The molecule has 1 aromatic heterocycles. The number of hydrogen-bond acceptors (Lipinski definition) is 7. The fourth-order valence-corrected chi connectivity index (χ4v) is 3.53. The molecule has 28 heavy (non-hydrogen) atoms. The second-order valence-electron chi connectivity index (χ2n) is 6.08. The third-order valence-corrected chi connectivity index (χ3v) is 5.12. The van der Waals surface area contributed by atoms with Crippen molar-refractivity contribution in [3.05, 3.63) is 35.2 Å². The highest BCUT2D eigenvalue weighted by Gasteiger charge is 2.13. The van der Waals surface area contributed by atoms with E-state index in [1.54, 1.807) is 41.7 Å². The van der Waals surface area contributed by atoms with E-state index < -0.39 is 0 Å². The molecular formula is C19H24N4O3S2. The number of amides is 2. The lowest BCUT2D eigenvalue weighted by molar-refractivity contribution is -0.124. The third-order valence-electron chi connectivity index (χ3n) is 4.00. The van der Waals surface area contributed by atoms with Gasteiger partial charge in [0.2, 0.25) is 5.91 Å². The number of rotatable bonds is 10. The van der Waals surface area contributed by atoms with E-state index in [0.717, 1.165) is 28.4 Å². The summed E-state index contributed by atoms with van der Waals surface area (Å²) in [6.45, 7) is -0.107. The maximum absolute atomic E-state index is 12.4. The second kappa shape index (κ2) is 11.0. The molecule has 2 aromatic rings. The first-order valence-electron chi connectivity index (χ1n) is 8.76. The average Bonchev–Trinajstić information content (AvgIpc) is 2.70. The van der Waals surface area contributed by atoms with E-state index in [2.05, 4.69) is 15.6 Å². The summed E-state index contributed by atoms with van der Waals surface area (Å²) in [5.74, 6) is 0.807. The van der Waals surface area contributed by atoms with Crippen molar-refractivity contribution in [3.8, 4) is 0 Å². The molecule has 0 unspecified atom stereocenters. The summed E-state index contributed by atoms with van der Waals surface area (Å²) in [6, 6.07) is 5.15. The van der Waals surface area contributed by atoms with Crippen molar-refractivity contribution in [2.45, 2.75) is 24.3 Å². The molecule has 7 nitrogen and oxygen atoms in total. The highest BCUT2D eigenvalue weighted by Crippen LogP contribution is 2.20. The number of aromatic nitrogens is 2. The van der Waals surface area contributed by atoms with Crippen molar-refractivity contribution in [1.82, 2.24) is 20.6 Å². The number of fused-ring (bicyclic) bond motifs is 1. The number of benzene rings is 1. The fourth-order valence-electron chi connectivity index (χ4n) is 2.52. The van der Waals surface area contributed by atoms with Gasteiger partial charge >= 0.3 is 0 Å². The number of nitrogens with one attached hydrogen (secondary N) is 2. The minimum atomic E-state index is -0.350. The van der Waals surface area contributed by atoms with Crippen LogP contribution in [0.4, 0.5) is 0 Å². The SMILES string of the molecule is CNC(=O)CCC(=O)CNC(=O)c1ccc2nc(CSC)c(CSC)nc2c1. The summed E-state index contributed by atoms with van der Waals surface area (Å²) in [5, 5.41) is 5.06. The lowest BCUT2D eigenvalue weighted by Crippen LogP contribution is -2.30. The lowest BCUT2D eigenvalue weighted by Gasteiger charge is -2.09. The third kappa shape index (κ3) is 6.20. The van der Waals surface area contributed by atoms with Gasteiger partial charge < -0.3 is 10.6 Å². The molecular weight excluding hydrogens is 396 g/mol. The maximum Gasteiger partial charge on any atom is 0.251 e. The quantitative estimate of drug-likeness (QED) is 0.607. The maximum atomic E-state index is 12.4. The van der Waals surface area contributed by atoms with Crippen molar-refractivity contribution in [1.29, 1.82) is 0 Å². The van der Waals surface area contributed by atoms with Crippen LogP contribution in [0.5, 0.6) is 0 Å². The monoisotopic (exact) mass is 420 g/mol. The Hall–Kier alpha value is -2.13. The number of carbonyl (C=O) groups excluding carboxylic acids is 3. The van der Waals surface area contributed by atoms with Crippen LogP contribution in [0.1, 0.15) is 34.6 Å². The molecule has 0 bridgehead atoms. The summed E-state index contributed by atoms with van der Waals surface area (Å²) >= 11 is 3.37. The smallest absolute Gasteiger partial charge is 0.251 e. The van der Waals surface area contributed by atoms with Crippen LogP contribution in [0, 0.1) is 0 Å². The number of nitrogens with zero attached hydrogens (tertiary/aromatic N) is 2. The van der Waals surface area contributed by atoms with Crippen LogP contribution >= 0.6 is 23.5 Å². The minimum Gasteiger partial charge on any atom is -0.359 e.